The highest BCUT2D eigenvalue weighted by molar-refractivity contribution is 7.17. The summed E-state index contributed by atoms with van der Waals surface area (Å²) >= 11 is 13.6. The van der Waals surface area contributed by atoms with E-state index in [9.17, 15) is 28.3 Å². The van der Waals surface area contributed by atoms with Gasteiger partial charge < -0.3 is 10.4 Å². The number of aromatic nitrogens is 3. The number of nitrogens with zero attached hydrogens (tertiary/aromatic N) is 3. The second kappa shape index (κ2) is 12.1. The third-order valence-electron chi connectivity index (χ3n) is 6.34. The molecule has 5 aromatic rings. The minimum Gasteiger partial charge on any atom is -0.394 e. The number of alkyl halides is 3. The molecule has 1 atom stereocenters. The number of hydrogen-bond acceptors (Lipinski definition) is 5. The lowest BCUT2D eigenvalue weighted by molar-refractivity contribution is -0.904. The quantitative estimate of drug-likeness (QED) is 0.135. The van der Waals surface area contributed by atoms with Gasteiger partial charge in [-0.15, -0.1) is 11.3 Å². The van der Waals surface area contributed by atoms with Crippen molar-refractivity contribution in [3.8, 4) is 27.5 Å². The summed E-state index contributed by atoms with van der Waals surface area (Å²) < 4.78 is 41.2. The second-order valence-electron chi connectivity index (χ2n) is 9.31. The van der Waals surface area contributed by atoms with Gasteiger partial charge in [-0.3, -0.25) is 10.0 Å². The Balaban J connectivity index is 1.40. The molecule has 3 N–H and O–H groups in total. The van der Waals surface area contributed by atoms with E-state index in [1.807, 2.05) is 6.07 Å². The third kappa shape index (κ3) is 6.60. The molecule has 3 aromatic heterocycles. The molecule has 13 heteroatoms. The molecule has 0 unspecified atom stereocenters. The van der Waals surface area contributed by atoms with Crippen molar-refractivity contribution in [2.75, 3.05) is 6.61 Å². The predicted octanol–water partition coefficient (Wildman–Crippen LogP) is 6.45. The number of benzene rings is 2. The minimum absolute atomic E-state index is 0.147. The Morgan fingerprint density at radius 1 is 1.05 bits per heavy atom. The van der Waals surface area contributed by atoms with Crippen LogP contribution in [-0.4, -0.2) is 38.7 Å². The molecule has 5 rings (SSSR count). The van der Waals surface area contributed by atoms with Gasteiger partial charge in [0.15, 0.2) is 0 Å². The van der Waals surface area contributed by atoms with E-state index in [-0.39, 0.29) is 6.42 Å². The molecule has 0 spiro atoms. The van der Waals surface area contributed by atoms with Gasteiger partial charge in [-0.2, -0.15) is 18.3 Å². The molecule has 0 fully saturated rings. The van der Waals surface area contributed by atoms with Crippen LogP contribution in [0.3, 0.4) is 0 Å². The first-order valence-electron chi connectivity index (χ1n) is 12.5. The van der Waals surface area contributed by atoms with Crippen molar-refractivity contribution in [1.29, 1.82) is 0 Å². The van der Waals surface area contributed by atoms with E-state index in [2.05, 4.69) is 5.32 Å². The molecular weight excluding hydrogens is 612 g/mol. The molecule has 216 valence electrons. The normalized spacial score (nSPS) is 12.3. The summed E-state index contributed by atoms with van der Waals surface area (Å²) in [6.45, 7) is -0.402. The lowest BCUT2D eigenvalue weighted by Crippen LogP contribution is -2.38. The van der Waals surface area contributed by atoms with Crippen LogP contribution in [0.25, 0.3) is 27.5 Å². The molecule has 0 aliphatic heterocycles. The fourth-order valence-corrected chi connectivity index (χ4v) is 5.46. The predicted molar refractivity (Wildman–Crippen MR) is 153 cm³/mol. The van der Waals surface area contributed by atoms with Crippen molar-refractivity contribution in [3.63, 3.8) is 0 Å². The zero-order chi connectivity index (χ0) is 30.0. The SMILES string of the molecule is O=C(N[C@H](CO)Cc1ccc(C(F)(F)F)cc1)c1ccc(-c2cc(-c3ccc[n+](O)c3)nn2-c2ccc(Cl)c(Cl)c2)s1. The van der Waals surface area contributed by atoms with Crippen LogP contribution < -0.4 is 10.0 Å². The van der Waals surface area contributed by atoms with Gasteiger partial charge in [0.1, 0.15) is 0 Å². The van der Waals surface area contributed by atoms with Crippen molar-refractivity contribution in [1.82, 2.24) is 15.1 Å². The van der Waals surface area contributed by atoms with E-state index >= 15 is 0 Å². The van der Waals surface area contributed by atoms with Gasteiger partial charge in [-0.1, -0.05) is 35.3 Å². The van der Waals surface area contributed by atoms with Crippen molar-refractivity contribution in [3.05, 3.63) is 111 Å². The van der Waals surface area contributed by atoms with E-state index in [0.29, 0.717) is 48.0 Å². The van der Waals surface area contributed by atoms with Crippen molar-refractivity contribution in [2.24, 2.45) is 0 Å². The first-order valence-corrected chi connectivity index (χ1v) is 14.0. The van der Waals surface area contributed by atoms with Gasteiger partial charge in [-0.05, 0) is 66.6 Å². The summed E-state index contributed by atoms with van der Waals surface area (Å²) in [6.07, 6.45) is -1.32. The summed E-state index contributed by atoms with van der Waals surface area (Å²) in [5, 5.41) is 27.9. The van der Waals surface area contributed by atoms with Crippen LogP contribution >= 0.6 is 34.5 Å². The molecule has 0 bridgehead atoms. The molecule has 42 heavy (non-hydrogen) atoms. The van der Waals surface area contributed by atoms with Gasteiger partial charge in [0.25, 0.3) is 5.91 Å². The number of aliphatic hydroxyl groups excluding tert-OH is 1. The average Bonchev–Trinajstić information content (AvgIpc) is 3.62. The number of nitrogens with one attached hydrogen (secondary N) is 1. The fourth-order valence-electron chi connectivity index (χ4n) is 4.26. The van der Waals surface area contributed by atoms with E-state index in [1.54, 1.807) is 47.1 Å². The molecule has 7 nitrogen and oxygen atoms in total. The van der Waals surface area contributed by atoms with Crippen molar-refractivity contribution in [2.45, 2.75) is 18.6 Å². The van der Waals surface area contributed by atoms with Gasteiger partial charge in [-0.25, -0.2) is 4.68 Å². The average molecular weight is 634 g/mol. The monoisotopic (exact) mass is 633 g/mol. The first-order chi connectivity index (χ1) is 20.0. The number of carbonyl (C=O) groups excluding carboxylic acids is 1. The minimum atomic E-state index is -4.45. The zero-order valence-electron chi connectivity index (χ0n) is 21.5. The Labute approximate surface area is 252 Å². The fraction of sp³-hybridized carbons (Fsp3) is 0.138. The largest absolute Gasteiger partial charge is 0.416 e. The van der Waals surface area contributed by atoms with E-state index in [0.717, 1.165) is 16.9 Å². The zero-order valence-corrected chi connectivity index (χ0v) is 23.8. The van der Waals surface area contributed by atoms with E-state index in [4.69, 9.17) is 28.3 Å². The highest BCUT2D eigenvalue weighted by atomic mass is 35.5. The van der Waals surface area contributed by atoms with Gasteiger partial charge in [0, 0.05) is 10.8 Å². The highest BCUT2D eigenvalue weighted by Crippen LogP contribution is 2.35. The van der Waals surface area contributed by atoms with Crippen LogP contribution in [0, 0.1) is 0 Å². The summed E-state index contributed by atoms with van der Waals surface area (Å²) in [5.74, 6) is -0.442. The van der Waals surface area contributed by atoms with E-state index in [1.165, 1.54) is 35.9 Å². The number of halogens is 5. The Morgan fingerprint density at radius 3 is 2.48 bits per heavy atom. The smallest absolute Gasteiger partial charge is 0.394 e. The number of pyridine rings is 1. The summed E-state index contributed by atoms with van der Waals surface area (Å²) in [7, 11) is 0. The maximum absolute atomic E-state index is 13.1. The Bertz CT molecular complexity index is 1740. The molecule has 0 saturated heterocycles. The number of hydrogen-bond donors (Lipinski definition) is 3. The summed E-state index contributed by atoms with van der Waals surface area (Å²) in [4.78, 5) is 14.1. The molecule has 2 aromatic carbocycles. The lowest BCUT2D eigenvalue weighted by Gasteiger charge is -2.16. The number of thiophene rings is 1. The first kappa shape index (κ1) is 29.6. The molecule has 1 amide bonds. The maximum Gasteiger partial charge on any atom is 0.416 e. The van der Waals surface area contributed by atoms with Crippen molar-refractivity contribution >= 4 is 40.4 Å². The Morgan fingerprint density at radius 2 is 1.81 bits per heavy atom. The van der Waals surface area contributed by atoms with Gasteiger partial charge in [0.05, 0.1) is 60.7 Å². The van der Waals surface area contributed by atoms with Crippen LogP contribution in [0.15, 0.2) is 85.2 Å². The van der Waals surface area contributed by atoms with Crippen LogP contribution in [0.5, 0.6) is 0 Å². The topological polar surface area (TPSA) is 91.3 Å². The van der Waals surface area contributed by atoms with Gasteiger partial charge in [0.2, 0.25) is 12.4 Å². The highest BCUT2D eigenvalue weighted by Gasteiger charge is 2.30. The third-order valence-corrected chi connectivity index (χ3v) is 8.19. The molecule has 0 aliphatic rings. The Kier molecular flexibility index (Phi) is 8.55. The number of aliphatic hydroxyl groups is 1. The lowest BCUT2D eigenvalue weighted by atomic mass is 10.0. The van der Waals surface area contributed by atoms with Crippen LogP contribution in [0.1, 0.15) is 20.8 Å². The standard InChI is InChI=1S/C29H21Cl2F3N4O3S/c30-22-8-7-21(13-23(22)31)38-25(14-24(36-38)18-2-1-11-37(41)15-18)26-9-10-27(42-26)28(40)35-20(16-39)12-17-3-5-19(6-4-17)29(32,33)34/h1-11,13-15,20,39H,12,16H2,(H-,35,40,41)/p+1/t20-/m0/s1. The van der Waals surface area contributed by atoms with E-state index < -0.39 is 30.3 Å². The number of amides is 1. The van der Waals surface area contributed by atoms with Crippen LogP contribution in [-0.2, 0) is 12.6 Å². The molecule has 0 aliphatic carbocycles. The van der Waals surface area contributed by atoms with Crippen LogP contribution in [0.4, 0.5) is 13.2 Å². The molecule has 0 radical (unpaired) electrons. The second-order valence-corrected chi connectivity index (χ2v) is 11.2. The number of rotatable bonds is 8. The Hall–Kier alpha value is -3.90. The number of carbonyl (C=O) groups is 1. The summed E-state index contributed by atoms with van der Waals surface area (Å²) in [6, 6.07) is 17.6. The van der Waals surface area contributed by atoms with Crippen LogP contribution in [0.2, 0.25) is 10.0 Å². The van der Waals surface area contributed by atoms with Crippen molar-refractivity contribution < 1.29 is 33.0 Å². The van der Waals surface area contributed by atoms with Gasteiger partial charge >= 0.3 is 6.18 Å². The summed E-state index contributed by atoms with van der Waals surface area (Å²) in [5.41, 5.74) is 2.23. The molecule has 0 saturated carbocycles. The molecular formula is C29H22Cl2F3N4O3S+. The maximum atomic E-state index is 13.1. The molecule has 3 heterocycles.